The molecule has 2 aliphatic rings. The lowest BCUT2D eigenvalue weighted by Crippen LogP contribution is -2.48. The first kappa shape index (κ1) is 20.8. The van der Waals surface area contributed by atoms with Crippen molar-refractivity contribution in [3.05, 3.63) is 69.8 Å². The van der Waals surface area contributed by atoms with Crippen molar-refractivity contribution < 1.29 is 14.5 Å². The number of nitro groups is 1. The van der Waals surface area contributed by atoms with E-state index in [0.717, 1.165) is 18.4 Å². The Kier molecular flexibility index (Phi) is 5.88. The summed E-state index contributed by atoms with van der Waals surface area (Å²) >= 11 is 0. The lowest BCUT2D eigenvalue weighted by molar-refractivity contribution is -0.384. The minimum atomic E-state index is -0.445. The summed E-state index contributed by atoms with van der Waals surface area (Å²) in [5.41, 5.74) is 1.71. The molecular weight excluding hydrogens is 396 g/mol. The minimum absolute atomic E-state index is 0.00445. The molecule has 1 saturated heterocycles. The van der Waals surface area contributed by atoms with Crippen LogP contribution in [0.1, 0.15) is 41.7 Å². The molecule has 4 rings (SSSR count). The molecule has 1 saturated carbocycles. The van der Waals surface area contributed by atoms with Gasteiger partial charge in [0.1, 0.15) is 5.69 Å². The smallest absolute Gasteiger partial charge is 0.293 e. The summed E-state index contributed by atoms with van der Waals surface area (Å²) in [5.74, 6) is 0.0970. The quantitative estimate of drug-likeness (QED) is 0.570. The molecule has 8 nitrogen and oxygen atoms in total. The van der Waals surface area contributed by atoms with Gasteiger partial charge in [0.25, 0.3) is 11.6 Å². The number of nitro benzene ring substituents is 1. The molecule has 0 aromatic heterocycles. The predicted octanol–water partition coefficient (Wildman–Crippen LogP) is 3.14. The van der Waals surface area contributed by atoms with E-state index in [1.165, 1.54) is 13.0 Å². The Bertz CT molecular complexity index is 982. The van der Waals surface area contributed by atoms with Crippen LogP contribution in [-0.4, -0.2) is 47.8 Å². The third kappa shape index (κ3) is 4.68. The van der Waals surface area contributed by atoms with Gasteiger partial charge in [-0.15, -0.1) is 0 Å². The van der Waals surface area contributed by atoms with Crippen molar-refractivity contribution in [1.29, 1.82) is 0 Å². The van der Waals surface area contributed by atoms with Crippen molar-refractivity contribution in [2.75, 3.05) is 31.1 Å². The number of amides is 2. The zero-order chi connectivity index (χ0) is 22.0. The van der Waals surface area contributed by atoms with Crippen molar-refractivity contribution in [1.82, 2.24) is 10.2 Å². The molecule has 1 atom stereocenters. The highest BCUT2D eigenvalue weighted by atomic mass is 16.6. The van der Waals surface area contributed by atoms with Crippen molar-refractivity contribution in [3.8, 4) is 0 Å². The number of benzene rings is 2. The minimum Gasteiger partial charge on any atom is -0.362 e. The van der Waals surface area contributed by atoms with Crippen LogP contribution in [0.15, 0.2) is 48.5 Å². The molecule has 1 unspecified atom stereocenters. The topological polar surface area (TPSA) is 95.8 Å². The molecule has 0 spiro atoms. The Morgan fingerprint density at radius 3 is 2.32 bits per heavy atom. The molecule has 2 aromatic rings. The lowest BCUT2D eigenvalue weighted by Gasteiger charge is -2.35. The van der Waals surface area contributed by atoms with Crippen LogP contribution in [0.3, 0.4) is 0 Å². The van der Waals surface area contributed by atoms with Crippen LogP contribution >= 0.6 is 0 Å². The molecule has 2 amide bonds. The van der Waals surface area contributed by atoms with Gasteiger partial charge in [-0.2, -0.15) is 0 Å². The first-order chi connectivity index (χ1) is 14.9. The molecule has 1 aliphatic heterocycles. The van der Waals surface area contributed by atoms with Crippen LogP contribution in [0.2, 0.25) is 0 Å². The number of carbonyl (C=O) groups is 2. The number of piperazine rings is 1. The average Bonchev–Trinajstić information content (AvgIpc) is 3.62. The van der Waals surface area contributed by atoms with Crippen LogP contribution in [-0.2, 0) is 4.79 Å². The van der Waals surface area contributed by atoms with E-state index < -0.39 is 4.92 Å². The first-order valence-electron chi connectivity index (χ1n) is 10.6. The normalized spacial score (nSPS) is 17.2. The maximum absolute atomic E-state index is 12.9. The molecule has 0 bridgehead atoms. The average molecular weight is 422 g/mol. The Morgan fingerprint density at radius 1 is 1.06 bits per heavy atom. The van der Waals surface area contributed by atoms with Gasteiger partial charge in [0.2, 0.25) is 5.91 Å². The molecule has 1 heterocycles. The number of rotatable bonds is 6. The summed E-state index contributed by atoms with van der Waals surface area (Å²) < 4.78 is 0. The van der Waals surface area contributed by atoms with Crippen molar-refractivity contribution in [2.45, 2.75) is 25.8 Å². The Labute approximate surface area is 181 Å². The predicted molar refractivity (Wildman–Crippen MR) is 117 cm³/mol. The van der Waals surface area contributed by atoms with Crippen LogP contribution in [0.5, 0.6) is 0 Å². The number of anilines is 1. The van der Waals surface area contributed by atoms with E-state index in [2.05, 4.69) is 5.32 Å². The molecule has 162 valence electrons. The van der Waals surface area contributed by atoms with E-state index in [9.17, 15) is 19.7 Å². The van der Waals surface area contributed by atoms with Crippen LogP contribution in [0, 0.1) is 16.0 Å². The summed E-state index contributed by atoms with van der Waals surface area (Å²) in [6, 6.07) is 14.4. The van der Waals surface area contributed by atoms with Crippen molar-refractivity contribution >= 4 is 23.2 Å². The van der Waals surface area contributed by atoms with Gasteiger partial charge in [0.05, 0.1) is 11.0 Å². The Hall–Kier alpha value is -3.42. The van der Waals surface area contributed by atoms with Gasteiger partial charge in [0, 0.05) is 44.7 Å². The molecule has 31 heavy (non-hydrogen) atoms. The van der Waals surface area contributed by atoms with Gasteiger partial charge in [-0.05, 0) is 36.5 Å². The standard InChI is InChI=1S/C23H26N4O4/c1-16(28)25-11-13-26(14-12-25)20-10-9-19(15-21(20)27(30)31)23(29)24-22(18-7-8-18)17-5-3-2-4-6-17/h2-6,9-10,15,18,22H,7-8,11-14H2,1H3,(H,24,29). The van der Waals surface area contributed by atoms with Gasteiger partial charge in [0.15, 0.2) is 0 Å². The van der Waals surface area contributed by atoms with Gasteiger partial charge in [-0.1, -0.05) is 30.3 Å². The monoisotopic (exact) mass is 422 g/mol. The van der Waals surface area contributed by atoms with Crippen LogP contribution in [0.4, 0.5) is 11.4 Å². The number of hydrogen-bond acceptors (Lipinski definition) is 5. The SMILES string of the molecule is CC(=O)N1CCN(c2ccc(C(=O)NC(c3ccccc3)C3CC3)cc2[N+](=O)[O-])CC1. The maximum atomic E-state index is 12.9. The number of carbonyl (C=O) groups excluding carboxylic acids is 2. The van der Waals surface area contributed by atoms with Crippen LogP contribution in [0.25, 0.3) is 0 Å². The van der Waals surface area contributed by atoms with E-state index in [4.69, 9.17) is 0 Å². The van der Waals surface area contributed by atoms with E-state index in [1.807, 2.05) is 35.2 Å². The number of nitrogens with zero attached hydrogens (tertiary/aromatic N) is 3. The third-order valence-electron chi connectivity index (χ3n) is 6.04. The molecular formula is C23H26N4O4. The highest BCUT2D eigenvalue weighted by molar-refractivity contribution is 5.96. The van der Waals surface area contributed by atoms with Gasteiger partial charge < -0.3 is 15.1 Å². The summed E-state index contributed by atoms with van der Waals surface area (Å²) in [4.78, 5) is 39.4. The van der Waals surface area contributed by atoms with E-state index in [1.54, 1.807) is 17.0 Å². The molecule has 1 aliphatic carbocycles. The fourth-order valence-corrected chi connectivity index (χ4v) is 4.13. The second-order valence-electron chi connectivity index (χ2n) is 8.15. The van der Waals surface area contributed by atoms with Gasteiger partial charge in [-0.3, -0.25) is 19.7 Å². The summed E-state index contributed by atoms with van der Waals surface area (Å²) in [7, 11) is 0. The zero-order valence-corrected chi connectivity index (χ0v) is 17.5. The van der Waals surface area contributed by atoms with Crippen molar-refractivity contribution in [3.63, 3.8) is 0 Å². The van der Waals surface area contributed by atoms with Crippen molar-refractivity contribution in [2.24, 2.45) is 5.92 Å². The largest absolute Gasteiger partial charge is 0.362 e. The van der Waals surface area contributed by atoms with Gasteiger partial charge in [-0.25, -0.2) is 0 Å². The summed E-state index contributed by atoms with van der Waals surface area (Å²) in [6.07, 6.45) is 2.12. The van der Waals surface area contributed by atoms with E-state index >= 15 is 0 Å². The third-order valence-corrected chi connectivity index (χ3v) is 6.04. The summed E-state index contributed by atoms with van der Waals surface area (Å²) in [6.45, 7) is 3.60. The second kappa shape index (κ2) is 8.75. The molecule has 2 aromatic carbocycles. The summed E-state index contributed by atoms with van der Waals surface area (Å²) in [5, 5.41) is 14.8. The Morgan fingerprint density at radius 2 is 1.74 bits per heavy atom. The highest BCUT2D eigenvalue weighted by Crippen LogP contribution is 2.41. The van der Waals surface area contributed by atoms with E-state index in [-0.39, 0.29) is 29.1 Å². The maximum Gasteiger partial charge on any atom is 0.293 e. The first-order valence-corrected chi connectivity index (χ1v) is 10.6. The fraction of sp³-hybridized carbons (Fsp3) is 0.391. The molecule has 1 N–H and O–H groups in total. The molecule has 0 radical (unpaired) electrons. The molecule has 2 fully saturated rings. The fourth-order valence-electron chi connectivity index (χ4n) is 4.13. The zero-order valence-electron chi connectivity index (χ0n) is 17.5. The number of hydrogen-bond donors (Lipinski definition) is 1. The highest BCUT2D eigenvalue weighted by Gasteiger charge is 2.34. The van der Waals surface area contributed by atoms with Gasteiger partial charge >= 0.3 is 0 Å². The van der Waals surface area contributed by atoms with E-state index in [0.29, 0.717) is 37.8 Å². The van der Waals surface area contributed by atoms with Crippen LogP contribution < -0.4 is 10.2 Å². The lowest BCUT2D eigenvalue weighted by atomic mass is 10.0. The second-order valence-corrected chi connectivity index (χ2v) is 8.15. The number of nitrogens with one attached hydrogen (secondary N) is 1. The molecule has 8 heteroatoms. The Balaban J connectivity index is 1.53.